The highest BCUT2D eigenvalue weighted by molar-refractivity contribution is 7.91. The molecule has 11 nitrogen and oxygen atoms in total. The third-order valence-electron chi connectivity index (χ3n) is 7.34. The van der Waals surface area contributed by atoms with E-state index in [1.54, 1.807) is 0 Å². The van der Waals surface area contributed by atoms with Crippen LogP contribution in [-0.2, 0) is 21.0 Å². The number of amides is 1. The summed E-state index contributed by atoms with van der Waals surface area (Å²) >= 11 is 0. The van der Waals surface area contributed by atoms with Crippen molar-refractivity contribution >= 4 is 27.6 Å². The summed E-state index contributed by atoms with van der Waals surface area (Å²) in [6.45, 7) is 3.55. The van der Waals surface area contributed by atoms with Crippen LogP contribution in [0.5, 0.6) is 5.75 Å². The van der Waals surface area contributed by atoms with E-state index in [9.17, 15) is 31.6 Å². The van der Waals surface area contributed by atoms with E-state index in [1.165, 1.54) is 14.7 Å². The van der Waals surface area contributed by atoms with Gasteiger partial charge in [0.05, 0.1) is 6.61 Å². The van der Waals surface area contributed by atoms with Crippen molar-refractivity contribution in [2.24, 2.45) is 0 Å². The number of hydrogen-bond donors (Lipinski definition) is 2. The minimum atomic E-state index is -4.66. The van der Waals surface area contributed by atoms with Crippen LogP contribution in [-0.4, -0.2) is 84.4 Å². The molecule has 2 saturated heterocycles. The summed E-state index contributed by atoms with van der Waals surface area (Å²) in [5.74, 6) is -0.518. The number of halogens is 3. The van der Waals surface area contributed by atoms with Crippen molar-refractivity contribution in [3.05, 3.63) is 42.2 Å². The predicted octanol–water partition coefficient (Wildman–Crippen LogP) is 2.67. The van der Waals surface area contributed by atoms with Crippen LogP contribution in [0.2, 0.25) is 0 Å². The highest BCUT2D eigenvalue weighted by atomic mass is 32.2. The molecule has 0 aliphatic carbocycles. The SMILES string of the molecule is CCCCOc1ccc(N2CCN(S(=O)(=O)C3(C(=O)NO)CCN(c4nccc(C(F)(F)F)n4)CC3)CC2)cc1. The fraction of sp³-hybridized carbons (Fsp3) is 0.560. The van der Waals surface area contributed by atoms with E-state index in [2.05, 4.69) is 16.9 Å². The first-order valence-corrected chi connectivity index (χ1v) is 14.5. The Morgan fingerprint density at radius 3 is 2.27 bits per heavy atom. The number of rotatable bonds is 9. The normalized spacial score (nSPS) is 18.4. The Morgan fingerprint density at radius 1 is 1.05 bits per heavy atom. The first-order chi connectivity index (χ1) is 19.0. The van der Waals surface area contributed by atoms with Gasteiger partial charge in [0.25, 0.3) is 5.91 Å². The van der Waals surface area contributed by atoms with E-state index in [0.717, 1.165) is 36.5 Å². The number of hydrogen-bond acceptors (Lipinski definition) is 9. The average Bonchev–Trinajstić information content (AvgIpc) is 2.97. The summed E-state index contributed by atoms with van der Waals surface area (Å²) in [6.07, 6.45) is -2.21. The second-order valence-corrected chi connectivity index (χ2v) is 12.0. The van der Waals surface area contributed by atoms with Crippen LogP contribution in [0.15, 0.2) is 36.5 Å². The van der Waals surface area contributed by atoms with Crippen LogP contribution in [0.25, 0.3) is 0 Å². The number of carbonyl (C=O) groups excluding carboxylic acids is 1. The topological polar surface area (TPSA) is 128 Å². The molecular formula is C25H33F3N6O5S. The molecule has 3 heterocycles. The van der Waals surface area contributed by atoms with Gasteiger partial charge in [0.2, 0.25) is 16.0 Å². The molecule has 0 atom stereocenters. The molecule has 2 aromatic rings. The number of ether oxygens (including phenoxy) is 1. The van der Waals surface area contributed by atoms with E-state index >= 15 is 0 Å². The zero-order chi connectivity index (χ0) is 29.0. The maximum Gasteiger partial charge on any atom is 0.433 e. The number of carbonyl (C=O) groups is 1. The van der Waals surface area contributed by atoms with E-state index in [-0.39, 0.29) is 45.0 Å². The third kappa shape index (κ3) is 6.10. The molecule has 2 aliphatic heterocycles. The number of nitrogens with zero attached hydrogens (tertiary/aromatic N) is 5. The summed E-state index contributed by atoms with van der Waals surface area (Å²) in [5.41, 5.74) is 1.29. The number of sulfonamides is 1. The molecule has 1 amide bonds. The molecule has 0 unspecified atom stereocenters. The molecular weight excluding hydrogens is 553 g/mol. The number of hydroxylamine groups is 1. The number of alkyl halides is 3. The largest absolute Gasteiger partial charge is 0.494 e. The molecule has 1 aromatic heterocycles. The fourth-order valence-corrected chi connectivity index (χ4v) is 7.07. The van der Waals surface area contributed by atoms with Gasteiger partial charge in [0, 0.05) is 51.2 Å². The van der Waals surface area contributed by atoms with Gasteiger partial charge < -0.3 is 14.5 Å². The smallest absolute Gasteiger partial charge is 0.433 e. The minimum absolute atomic E-state index is 0.0966. The van der Waals surface area contributed by atoms with Gasteiger partial charge in [-0.05, 0) is 49.6 Å². The van der Waals surface area contributed by atoms with Crippen molar-refractivity contribution in [2.75, 3.05) is 55.7 Å². The summed E-state index contributed by atoms with van der Waals surface area (Å²) in [7, 11) is -4.25. The molecule has 0 radical (unpaired) electrons. The van der Waals surface area contributed by atoms with E-state index in [0.29, 0.717) is 19.7 Å². The molecule has 2 fully saturated rings. The fourth-order valence-electron chi connectivity index (χ4n) is 4.95. The number of piperazine rings is 1. The Labute approximate surface area is 231 Å². The first kappa shape index (κ1) is 29.8. The molecule has 2 aliphatic rings. The van der Waals surface area contributed by atoms with Gasteiger partial charge in [-0.1, -0.05) is 13.3 Å². The first-order valence-electron chi connectivity index (χ1n) is 13.1. The zero-order valence-corrected chi connectivity index (χ0v) is 22.9. The second kappa shape index (κ2) is 12.1. The molecule has 2 N–H and O–H groups in total. The van der Waals surface area contributed by atoms with Crippen molar-refractivity contribution in [2.45, 2.75) is 43.5 Å². The Balaban J connectivity index is 1.43. The number of aromatic nitrogens is 2. The highest BCUT2D eigenvalue weighted by Gasteiger charge is 2.55. The van der Waals surface area contributed by atoms with Crippen LogP contribution in [0.3, 0.4) is 0 Å². The Bertz CT molecular complexity index is 1260. The maximum atomic E-state index is 13.8. The van der Waals surface area contributed by atoms with Gasteiger partial charge >= 0.3 is 6.18 Å². The van der Waals surface area contributed by atoms with Crippen LogP contribution >= 0.6 is 0 Å². The van der Waals surface area contributed by atoms with Crippen LogP contribution in [0, 0.1) is 0 Å². The lowest BCUT2D eigenvalue weighted by Crippen LogP contribution is -2.63. The van der Waals surface area contributed by atoms with Crippen molar-refractivity contribution in [3.63, 3.8) is 0 Å². The standard InChI is InChI=1S/C25H33F3N6O5S/c1-2-3-18-39-20-6-4-19(5-7-20)32-14-16-34(17-15-32)40(37,38)24(22(35)31-36)9-12-33(13-10-24)23-29-11-8-21(30-23)25(26,27)28/h4-8,11,36H,2-3,9-10,12-18H2,1H3,(H,31,35). The molecule has 15 heteroatoms. The molecule has 0 bridgehead atoms. The monoisotopic (exact) mass is 586 g/mol. The number of anilines is 2. The number of unbranched alkanes of at least 4 members (excludes halogenated alkanes) is 1. The highest BCUT2D eigenvalue weighted by Crippen LogP contribution is 2.36. The minimum Gasteiger partial charge on any atom is -0.494 e. The van der Waals surface area contributed by atoms with Gasteiger partial charge in [-0.3, -0.25) is 10.0 Å². The van der Waals surface area contributed by atoms with Crippen molar-refractivity contribution in [1.29, 1.82) is 0 Å². The lowest BCUT2D eigenvalue weighted by atomic mass is 9.95. The number of nitrogens with one attached hydrogen (secondary N) is 1. The van der Waals surface area contributed by atoms with Gasteiger partial charge in [-0.2, -0.15) is 17.5 Å². The number of piperidine rings is 1. The quantitative estimate of drug-likeness (QED) is 0.259. The maximum absolute atomic E-state index is 13.8. The summed E-state index contributed by atoms with van der Waals surface area (Å²) in [4.78, 5) is 23.7. The van der Waals surface area contributed by atoms with Crippen molar-refractivity contribution in [3.8, 4) is 5.75 Å². The lowest BCUT2D eigenvalue weighted by Gasteiger charge is -2.44. The van der Waals surface area contributed by atoms with E-state index < -0.39 is 32.5 Å². The van der Waals surface area contributed by atoms with E-state index in [4.69, 9.17) is 4.74 Å². The molecule has 0 saturated carbocycles. The van der Waals surface area contributed by atoms with Gasteiger partial charge in [0.1, 0.15) is 11.4 Å². The molecule has 40 heavy (non-hydrogen) atoms. The van der Waals surface area contributed by atoms with Gasteiger partial charge in [0.15, 0.2) is 4.75 Å². The van der Waals surface area contributed by atoms with Gasteiger partial charge in [-0.15, -0.1) is 0 Å². The molecule has 0 spiro atoms. The van der Waals surface area contributed by atoms with Crippen molar-refractivity contribution in [1.82, 2.24) is 19.8 Å². The van der Waals surface area contributed by atoms with Crippen molar-refractivity contribution < 1.29 is 36.3 Å². The molecule has 1 aromatic carbocycles. The Morgan fingerprint density at radius 2 is 1.70 bits per heavy atom. The van der Waals surface area contributed by atoms with Gasteiger partial charge in [-0.25, -0.2) is 23.9 Å². The number of benzene rings is 1. The second-order valence-electron chi connectivity index (χ2n) is 9.75. The predicted molar refractivity (Wildman–Crippen MR) is 141 cm³/mol. The summed E-state index contributed by atoms with van der Waals surface area (Å²) in [6, 6.07) is 8.32. The lowest BCUT2D eigenvalue weighted by molar-refractivity contribution is -0.141. The summed E-state index contributed by atoms with van der Waals surface area (Å²) < 4.78 is 71.9. The summed E-state index contributed by atoms with van der Waals surface area (Å²) in [5, 5.41) is 9.44. The third-order valence-corrected chi connectivity index (χ3v) is 9.97. The average molecular weight is 587 g/mol. The molecule has 4 rings (SSSR count). The zero-order valence-electron chi connectivity index (χ0n) is 22.1. The Kier molecular flexibility index (Phi) is 9.05. The van der Waals surface area contributed by atoms with Crippen LogP contribution in [0.4, 0.5) is 24.8 Å². The Hall–Kier alpha value is -3.17. The van der Waals surface area contributed by atoms with Crippen LogP contribution < -0.4 is 20.0 Å². The molecule has 220 valence electrons. The van der Waals surface area contributed by atoms with E-state index in [1.807, 2.05) is 29.2 Å². The van der Waals surface area contributed by atoms with Crippen LogP contribution in [0.1, 0.15) is 38.3 Å².